The predicted octanol–water partition coefficient (Wildman–Crippen LogP) is 2.70. The Morgan fingerprint density at radius 3 is 2.57 bits per heavy atom. The van der Waals surface area contributed by atoms with Crippen LogP contribution in [0.4, 0.5) is 13.6 Å². The number of benzene rings is 1. The lowest BCUT2D eigenvalue weighted by molar-refractivity contribution is 0.0502. The summed E-state index contributed by atoms with van der Waals surface area (Å²) in [7, 11) is 0. The summed E-state index contributed by atoms with van der Waals surface area (Å²) in [6.45, 7) is 6.02. The molecule has 1 N–H and O–H groups in total. The molecule has 1 fully saturated rings. The Bertz CT molecular complexity index is 614. The topological polar surface area (TPSA) is 58.6 Å². The van der Waals surface area contributed by atoms with E-state index >= 15 is 0 Å². The van der Waals surface area contributed by atoms with Crippen molar-refractivity contribution in [3.05, 3.63) is 35.4 Å². The summed E-state index contributed by atoms with van der Waals surface area (Å²) < 4.78 is 31.3. The Morgan fingerprint density at radius 1 is 1.26 bits per heavy atom. The number of alkyl carbamates (subject to hydrolysis) is 1. The van der Waals surface area contributed by atoms with Gasteiger partial charge in [0.1, 0.15) is 5.60 Å². The largest absolute Gasteiger partial charge is 0.444 e. The summed E-state index contributed by atoms with van der Waals surface area (Å²) in [5, 5.41) is 2.70. The number of hydrogen-bond donors (Lipinski definition) is 1. The number of ether oxygens (including phenoxy) is 1. The van der Waals surface area contributed by atoms with E-state index in [1.165, 1.54) is 11.0 Å². The van der Waals surface area contributed by atoms with Crippen LogP contribution in [0.25, 0.3) is 0 Å². The average Bonchev–Trinajstić information content (AvgIpc) is 2.87. The third-order valence-electron chi connectivity index (χ3n) is 3.36. The first-order valence-electron chi connectivity index (χ1n) is 7.39. The molecule has 1 saturated heterocycles. The van der Waals surface area contributed by atoms with Gasteiger partial charge < -0.3 is 15.0 Å². The fourth-order valence-electron chi connectivity index (χ4n) is 2.35. The molecular formula is C16H20F2N2O3. The average molecular weight is 326 g/mol. The van der Waals surface area contributed by atoms with Crippen LogP contribution in [0.2, 0.25) is 0 Å². The van der Waals surface area contributed by atoms with E-state index < -0.39 is 29.2 Å². The molecule has 0 bridgehead atoms. The van der Waals surface area contributed by atoms with E-state index in [1.807, 2.05) is 0 Å². The molecule has 0 saturated carbocycles. The van der Waals surface area contributed by atoms with Crippen LogP contribution in [0.5, 0.6) is 0 Å². The summed E-state index contributed by atoms with van der Waals surface area (Å²) in [6.07, 6.45) is 0.0407. The Hall–Kier alpha value is -2.18. The van der Waals surface area contributed by atoms with E-state index in [4.69, 9.17) is 4.74 Å². The van der Waals surface area contributed by atoms with Crippen molar-refractivity contribution in [1.82, 2.24) is 10.2 Å². The molecule has 1 atom stereocenters. The Morgan fingerprint density at radius 2 is 1.96 bits per heavy atom. The van der Waals surface area contributed by atoms with Gasteiger partial charge in [0, 0.05) is 18.7 Å². The van der Waals surface area contributed by atoms with Gasteiger partial charge in [0.2, 0.25) is 0 Å². The molecule has 0 aromatic heterocycles. The van der Waals surface area contributed by atoms with Gasteiger partial charge in [0.25, 0.3) is 5.91 Å². The van der Waals surface area contributed by atoms with Crippen molar-refractivity contribution in [2.75, 3.05) is 13.1 Å². The van der Waals surface area contributed by atoms with Crippen molar-refractivity contribution < 1.29 is 23.1 Å². The van der Waals surface area contributed by atoms with Gasteiger partial charge in [-0.1, -0.05) is 0 Å². The van der Waals surface area contributed by atoms with E-state index in [0.29, 0.717) is 19.5 Å². The Labute approximate surface area is 133 Å². The molecule has 1 unspecified atom stereocenters. The molecule has 1 aliphatic rings. The monoisotopic (exact) mass is 326 g/mol. The highest BCUT2D eigenvalue weighted by Crippen LogP contribution is 2.16. The number of rotatable bonds is 2. The number of carbonyl (C=O) groups is 2. The third-order valence-corrected chi connectivity index (χ3v) is 3.36. The van der Waals surface area contributed by atoms with Gasteiger partial charge in [0.05, 0.1) is 6.04 Å². The molecule has 2 amide bonds. The summed E-state index contributed by atoms with van der Waals surface area (Å²) >= 11 is 0. The van der Waals surface area contributed by atoms with Gasteiger partial charge in [-0.05, 0) is 45.4 Å². The molecule has 1 aromatic rings. The molecule has 5 nitrogen and oxygen atoms in total. The number of amides is 2. The minimum Gasteiger partial charge on any atom is -0.444 e. The molecule has 0 aliphatic carbocycles. The summed E-state index contributed by atoms with van der Waals surface area (Å²) in [5.74, 6) is -2.44. The smallest absolute Gasteiger partial charge is 0.407 e. The highest BCUT2D eigenvalue weighted by molar-refractivity contribution is 5.94. The number of hydrogen-bond acceptors (Lipinski definition) is 3. The van der Waals surface area contributed by atoms with Crippen molar-refractivity contribution >= 4 is 12.0 Å². The quantitative estimate of drug-likeness (QED) is 0.909. The Balaban J connectivity index is 1.93. The summed E-state index contributed by atoms with van der Waals surface area (Å²) in [4.78, 5) is 25.5. The second-order valence-corrected chi connectivity index (χ2v) is 6.51. The van der Waals surface area contributed by atoms with Crippen molar-refractivity contribution in [2.24, 2.45) is 0 Å². The van der Waals surface area contributed by atoms with Gasteiger partial charge >= 0.3 is 6.09 Å². The first-order chi connectivity index (χ1) is 10.7. The minimum atomic E-state index is -1.06. The standard InChI is InChI=1S/C16H20F2N2O3/c1-16(2,3)23-15(22)19-11-6-7-20(9-11)14(21)10-4-5-12(17)13(18)8-10/h4-5,8,11H,6-7,9H2,1-3H3,(H,19,22). The van der Waals surface area contributed by atoms with Crippen molar-refractivity contribution in [3.8, 4) is 0 Å². The molecule has 1 aromatic carbocycles. The zero-order chi connectivity index (χ0) is 17.2. The zero-order valence-corrected chi connectivity index (χ0v) is 13.4. The molecule has 126 valence electrons. The van der Waals surface area contributed by atoms with Crippen LogP contribution >= 0.6 is 0 Å². The predicted molar refractivity (Wildman–Crippen MR) is 80.0 cm³/mol. The SMILES string of the molecule is CC(C)(C)OC(=O)NC1CCN(C(=O)c2ccc(F)c(F)c2)C1. The summed E-state index contributed by atoms with van der Waals surface area (Å²) in [5.41, 5.74) is -0.508. The number of carbonyl (C=O) groups excluding carboxylic acids is 2. The van der Waals surface area contributed by atoms with E-state index in [9.17, 15) is 18.4 Å². The van der Waals surface area contributed by atoms with E-state index in [1.54, 1.807) is 20.8 Å². The van der Waals surface area contributed by atoms with Gasteiger partial charge in [-0.25, -0.2) is 13.6 Å². The number of nitrogens with zero attached hydrogens (tertiary/aromatic N) is 1. The third kappa shape index (κ3) is 4.64. The van der Waals surface area contributed by atoms with Crippen LogP contribution in [0.15, 0.2) is 18.2 Å². The maximum absolute atomic E-state index is 13.2. The highest BCUT2D eigenvalue weighted by Gasteiger charge is 2.29. The molecule has 23 heavy (non-hydrogen) atoms. The lowest BCUT2D eigenvalue weighted by Crippen LogP contribution is -2.41. The lowest BCUT2D eigenvalue weighted by Gasteiger charge is -2.22. The van der Waals surface area contributed by atoms with Crippen LogP contribution in [0.1, 0.15) is 37.6 Å². The van der Waals surface area contributed by atoms with Crippen molar-refractivity contribution in [2.45, 2.75) is 38.8 Å². The maximum Gasteiger partial charge on any atom is 0.407 e. The fraction of sp³-hybridized carbons (Fsp3) is 0.500. The fourth-order valence-corrected chi connectivity index (χ4v) is 2.35. The number of likely N-dealkylation sites (tertiary alicyclic amines) is 1. The lowest BCUT2D eigenvalue weighted by atomic mass is 10.2. The van der Waals surface area contributed by atoms with Crippen LogP contribution in [0.3, 0.4) is 0 Å². The second-order valence-electron chi connectivity index (χ2n) is 6.51. The van der Waals surface area contributed by atoms with E-state index in [0.717, 1.165) is 12.1 Å². The van der Waals surface area contributed by atoms with Gasteiger partial charge in [-0.3, -0.25) is 4.79 Å². The maximum atomic E-state index is 13.2. The molecular weight excluding hydrogens is 306 g/mol. The van der Waals surface area contributed by atoms with Crippen molar-refractivity contribution in [1.29, 1.82) is 0 Å². The molecule has 0 radical (unpaired) electrons. The molecule has 2 rings (SSSR count). The normalized spacial score (nSPS) is 18.0. The molecule has 1 heterocycles. The number of halogens is 2. The first kappa shape index (κ1) is 17.2. The van der Waals surface area contributed by atoms with E-state index in [-0.39, 0.29) is 11.6 Å². The van der Waals surface area contributed by atoms with Gasteiger partial charge in [0.15, 0.2) is 11.6 Å². The molecule has 7 heteroatoms. The van der Waals surface area contributed by atoms with Gasteiger partial charge in [-0.15, -0.1) is 0 Å². The Kier molecular flexibility index (Phi) is 4.87. The molecule has 0 spiro atoms. The second kappa shape index (κ2) is 6.52. The molecule has 1 aliphatic heterocycles. The van der Waals surface area contributed by atoms with E-state index in [2.05, 4.69) is 5.32 Å². The van der Waals surface area contributed by atoms with Crippen LogP contribution < -0.4 is 5.32 Å². The minimum absolute atomic E-state index is 0.0850. The highest BCUT2D eigenvalue weighted by atomic mass is 19.2. The number of nitrogens with one attached hydrogen (secondary N) is 1. The van der Waals surface area contributed by atoms with Crippen LogP contribution in [-0.2, 0) is 4.74 Å². The van der Waals surface area contributed by atoms with Crippen LogP contribution in [0, 0.1) is 11.6 Å². The van der Waals surface area contributed by atoms with Crippen LogP contribution in [-0.4, -0.2) is 41.6 Å². The summed E-state index contributed by atoms with van der Waals surface area (Å²) in [6, 6.07) is 2.83. The van der Waals surface area contributed by atoms with Crippen molar-refractivity contribution in [3.63, 3.8) is 0 Å². The zero-order valence-electron chi connectivity index (χ0n) is 13.4. The van der Waals surface area contributed by atoms with Gasteiger partial charge in [-0.2, -0.15) is 0 Å². The first-order valence-corrected chi connectivity index (χ1v) is 7.39.